The number of rotatable bonds is 6. The van der Waals surface area contributed by atoms with Crippen molar-refractivity contribution >= 4 is 28.6 Å². The number of thiazole rings is 1. The summed E-state index contributed by atoms with van der Waals surface area (Å²) in [6.07, 6.45) is 1.70. The van der Waals surface area contributed by atoms with Crippen LogP contribution in [0.5, 0.6) is 17.2 Å². The summed E-state index contributed by atoms with van der Waals surface area (Å²) in [7, 11) is 1.55. The van der Waals surface area contributed by atoms with Crippen molar-refractivity contribution in [2.24, 2.45) is 5.10 Å². The molecule has 4 rings (SSSR count). The van der Waals surface area contributed by atoms with Gasteiger partial charge in [-0.05, 0) is 12.1 Å². The third kappa shape index (κ3) is 4.18. The molecule has 0 saturated carbocycles. The van der Waals surface area contributed by atoms with Crippen molar-refractivity contribution in [1.29, 1.82) is 0 Å². The molecule has 1 aromatic heterocycles. The van der Waals surface area contributed by atoms with Gasteiger partial charge in [0.1, 0.15) is 0 Å². The Bertz CT molecular complexity index is 879. The summed E-state index contributed by atoms with van der Waals surface area (Å²) in [6.45, 7) is 3.21. The summed E-state index contributed by atoms with van der Waals surface area (Å²) in [5.41, 5.74) is 3.97. The molecule has 2 aliphatic heterocycles. The molecular formula is C18H20N4O5S. The van der Waals surface area contributed by atoms with Crippen LogP contribution in [-0.2, 0) is 16.0 Å². The van der Waals surface area contributed by atoms with Gasteiger partial charge in [-0.1, -0.05) is 0 Å². The second-order valence-corrected chi connectivity index (χ2v) is 6.98. The van der Waals surface area contributed by atoms with Crippen LogP contribution in [-0.4, -0.2) is 57.3 Å². The van der Waals surface area contributed by atoms with Crippen LogP contribution in [0.4, 0.5) is 5.13 Å². The highest BCUT2D eigenvalue weighted by molar-refractivity contribution is 7.13. The van der Waals surface area contributed by atoms with Gasteiger partial charge in [-0.25, -0.2) is 10.4 Å². The standard InChI is InChI=1S/C18H20N4O5S/c1-24-14-6-12(7-15-17(14)27-11-26-15)9-19-21-16(23)8-13-10-28-18(20-13)22-2-4-25-5-3-22/h6-7,9-10H,2-5,8,11H2,1H3,(H,21,23)/b19-9-. The third-order valence-corrected chi connectivity index (χ3v) is 5.20. The first-order chi connectivity index (χ1) is 13.7. The summed E-state index contributed by atoms with van der Waals surface area (Å²) in [5, 5.41) is 6.83. The molecule has 1 fully saturated rings. The van der Waals surface area contributed by atoms with Crippen LogP contribution in [0.2, 0.25) is 0 Å². The first kappa shape index (κ1) is 18.5. The number of morpholine rings is 1. The molecule has 1 amide bonds. The highest BCUT2D eigenvalue weighted by Crippen LogP contribution is 2.41. The van der Waals surface area contributed by atoms with Crippen LogP contribution < -0.4 is 24.5 Å². The van der Waals surface area contributed by atoms with E-state index < -0.39 is 0 Å². The number of fused-ring (bicyclic) bond motifs is 1. The summed E-state index contributed by atoms with van der Waals surface area (Å²) in [6, 6.07) is 3.54. The Balaban J connectivity index is 1.33. The zero-order valence-corrected chi connectivity index (χ0v) is 16.2. The molecule has 1 N–H and O–H groups in total. The second kappa shape index (κ2) is 8.44. The fourth-order valence-corrected chi connectivity index (χ4v) is 3.76. The predicted octanol–water partition coefficient (Wildman–Crippen LogP) is 1.41. The first-order valence-electron chi connectivity index (χ1n) is 8.79. The van der Waals surface area contributed by atoms with Gasteiger partial charge in [0.2, 0.25) is 18.4 Å². The van der Waals surface area contributed by atoms with Gasteiger partial charge in [-0.2, -0.15) is 5.10 Å². The second-order valence-electron chi connectivity index (χ2n) is 6.15. The Morgan fingerprint density at radius 1 is 1.39 bits per heavy atom. The lowest BCUT2D eigenvalue weighted by molar-refractivity contribution is -0.120. The molecule has 2 aliphatic rings. The number of hydrazone groups is 1. The smallest absolute Gasteiger partial charge is 0.246 e. The van der Waals surface area contributed by atoms with Gasteiger partial charge in [0, 0.05) is 24.0 Å². The maximum absolute atomic E-state index is 12.1. The van der Waals surface area contributed by atoms with E-state index in [9.17, 15) is 4.79 Å². The van der Waals surface area contributed by atoms with E-state index >= 15 is 0 Å². The van der Waals surface area contributed by atoms with E-state index in [1.165, 1.54) is 17.6 Å². The Morgan fingerprint density at radius 2 is 2.25 bits per heavy atom. The average molecular weight is 404 g/mol. The van der Waals surface area contributed by atoms with E-state index in [1.807, 2.05) is 5.38 Å². The molecule has 1 aromatic carbocycles. The highest BCUT2D eigenvalue weighted by Gasteiger charge is 2.19. The fourth-order valence-electron chi connectivity index (χ4n) is 2.88. The summed E-state index contributed by atoms with van der Waals surface area (Å²) in [5.74, 6) is 1.48. The first-order valence-corrected chi connectivity index (χ1v) is 9.67. The van der Waals surface area contributed by atoms with Crippen molar-refractivity contribution < 1.29 is 23.7 Å². The van der Waals surface area contributed by atoms with Crippen molar-refractivity contribution in [2.45, 2.75) is 6.42 Å². The minimum Gasteiger partial charge on any atom is -0.493 e. The molecule has 0 radical (unpaired) electrons. The van der Waals surface area contributed by atoms with Gasteiger partial charge in [-0.15, -0.1) is 11.3 Å². The van der Waals surface area contributed by atoms with Crippen LogP contribution in [0.25, 0.3) is 0 Å². The average Bonchev–Trinajstić information content (AvgIpc) is 3.37. The van der Waals surface area contributed by atoms with E-state index in [0.717, 1.165) is 29.5 Å². The molecule has 148 valence electrons. The molecule has 0 atom stereocenters. The number of hydrogen-bond acceptors (Lipinski definition) is 9. The number of carbonyl (C=O) groups excluding carboxylic acids is 1. The topological polar surface area (TPSA) is 94.5 Å². The van der Waals surface area contributed by atoms with Crippen molar-refractivity contribution in [3.05, 3.63) is 28.8 Å². The van der Waals surface area contributed by atoms with E-state index in [0.29, 0.717) is 30.5 Å². The molecule has 9 nitrogen and oxygen atoms in total. The number of benzene rings is 1. The molecule has 0 unspecified atom stereocenters. The van der Waals surface area contributed by atoms with Crippen molar-refractivity contribution in [2.75, 3.05) is 45.1 Å². The van der Waals surface area contributed by atoms with Crippen LogP contribution in [0.3, 0.4) is 0 Å². The molecule has 3 heterocycles. The van der Waals surface area contributed by atoms with E-state index in [4.69, 9.17) is 18.9 Å². The lowest BCUT2D eigenvalue weighted by Gasteiger charge is -2.26. The van der Waals surface area contributed by atoms with Crippen LogP contribution in [0.15, 0.2) is 22.6 Å². The number of nitrogens with zero attached hydrogens (tertiary/aromatic N) is 3. The summed E-state index contributed by atoms with van der Waals surface area (Å²) >= 11 is 1.54. The number of amides is 1. The van der Waals surface area contributed by atoms with Gasteiger partial charge < -0.3 is 23.8 Å². The van der Waals surface area contributed by atoms with E-state index in [2.05, 4.69) is 20.4 Å². The number of methoxy groups -OCH3 is 1. The van der Waals surface area contributed by atoms with E-state index in [1.54, 1.807) is 19.2 Å². The SMILES string of the molecule is COc1cc(/C=N\NC(=O)Cc2csc(N3CCOCC3)n2)cc2c1OCO2. The molecule has 0 bridgehead atoms. The zero-order valence-electron chi connectivity index (χ0n) is 15.3. The van der Waals surface area contributed by atoms with Crippen molar-refractivity contribution in [3.63, 3.8) is 0 Å². The Kier molecular flexibility index (Phi) is 5.58. The molecule has 28 heavy (non-hydrogen) atoms. The van der Waals surface area contributed by atoms with Crippen LogP contribution in [0.1, 0.15) is 11.3 Å². The number of anilines is 1. The fraction of sp³-hybridized carbons (Fsp3) is 0.389. The summed E-state index contributed by atoms with van der Waals surface area (Å²) < 4.78 is 21.4. The molecule has 0 spiro atoms. The van der Waals surface area contributed by atoms with Gasteiger partial charge in [0.25, 0.3) is 0 Å². The monoisotopic (exact) mass is 404 g/mol. The zero-order chi connectivity index (χ0) is 19.3. The van der Waals surface area contributed by atoms with Crippen molar-refractivity contribution in [1.82, 2.24) is 10.4 Å². The number of hydrogen-bond donors (Lipinski definition) is 1. The minimum atomic E-state index is -0.234. The minimum absolute atomic E-state index is 0.156. The van der Waals surface area contributed by atoms with Crippen molar-refractivity contribution in [3.8, 4) is 17.2 Å². The lowest BCUT2D eigenvalue weighted by atomic mass is 10.2. The highest BCUT2D eigenvalue weighted by atomic mass is 32.1. The Labute approximate surface area is 165 Å². The Hall–Kier alpha value is -2.85. The lowest BCUT2D eigenvalue weighted by Crippen LogP contribution is -2.36. The number of aromatic nitrogens is 1. The number of ether oxygens (including phenoxy) is 4. The van der Waals surface area contributed by atoms with Gasteiger partial charge in [0.05, 0.1) is 38.7 Å². The normalized spacial score (nSPS) is 15.8. The van der Waals surface area contributed by atoms with Crippen LogP contribution in [0, 0.1) is 0 Å². The molecule has 1 saturated heterocycles. The molecule has 0 aliphatic carbocycles. The predicted molar refractivity (Wildman–Crippen MR) is 104 cm³/mol. The maximum Gasteiger partial charge on any atom is 0.246 e. The quantitative estimate of drug-likeness (QED) is 0.575. The largest absolute Gasteiger partial charge is 0.493 e. The van der Waals surface area contributed by atoms with Gasteiger partial charge in [-0.3, -0.25) is 4.79 Å². The Morgan fingerprint density at radius 3 is 3.07 bits per heavy atom. The molecular weight excluding hydrogens is 384 g/mol. The van der Waals surface area contributed by atoms with Gasteiger partial charge in [0.15, 0.2) is 16.6 Å². The number of nitrogens with one attached hydrogen (secondary N) is 1. The molecule has 10 heteroatoms. The third-order valence-electron chi connectivity index (χ3n) is 4.25. The van der Waals surface area contributed by atoms with E-state index in [-0.39, 0.29) is 19.1 Å². The van der Waals surface area contributed by atoms with Gasteiger partial charge >= 0.3 is 0 Å². The summed E-state index contributed by atoms with van der Waals surface area (Å²) in [4.78, 5) is 18.8. The maximum atomic E-state index is 12.1. The van der Waals surface area contributed by atoms with Crippen LogP contribution >= 0.6 is 11.3 Å². The molecule has 2 aromatic rings. The number of carbonyl (C=O) groups is 1.